The number of fused-ring (bicyclic) bond motifs is 1. The number of hydrogen-bond donors (Lipinski definition) is 2. The van der Waals surface area contributed by atoms with Crippen LogP contribution in [0.1, 0.15) is 25.8 Å². The Bertz CT molecular complexity index is 1230. The van der Waals surface area contributed by atoms with Crippen LogP contribution in [0.5, 0.6) is 0 Å². The van der Waals surface area contributed by atoms with Crippen LogP contribution in [0.25, 0.3) is 0 Å². The second-order valence-corrected chi connectivity index (χ2v) is 12.4. The van der Waals surface area contributed by atoms with Crippen molar-refractivity contribution < 1.29 is 32.3 Å². The number of carbonyl (C=O) groups excluding carboxylic acids is 1. The first kappa shape index (κ1) is 29.7. The molecule has 0 aromatic heterocycles. The molecule has 2 aromatic rings. The summed E-state index contributed by atoms with van der Waals surface area (Å²) in [6, 6.07) is 14.2. The summed E-state index contributed by atoms with van der Waals surface area (Å²) >= 11 is 0. The molecular formula is C27H36N4O8S. The molecule has 218 valence electrons. The fraction of sp³-hybridized carbons (Fsp3) is 0.519. The number of alkyl carbamates (subject to hydrolysis) is 1. The third kappa shape index (κ3) is 7.47. The van der Waals surface area contributed by atoms with Gasteiger partial charge in [-0.3, -0.25) is 0 Å². The molecule has 3 N–H and O–H groups in total. The van der Waals surface area contributed by atoms with Crippen molar-refractivity contribution >= 4 is 21.8 Å². The zero-order valence-corrected chi connectivity index (χ0v) is 23.4. The van der Waals surface area contributed by atoms with Crippen molar-refractivity contribution in [2.24, 2.45) is 17.2 Å². The fourth-order valence-electron chi connectivity index (χ4n) is 4.97. The molecule has 2 aliphatic rings. The van der Waals surface area contributed by atoms with Gasteiger partial charge in [-0.1, -0.05) is 44.2 Å². The molecule has 0 spiro atoms. The maximum atomic E-state index is 13.6. The van der Waals surface area contributed by atoms with Crippen molar-refractivity contribution in [3.05, 3.63) is 65.1 Å². The number of carbonyl (C=O) groups is 1. The number of nitrogens with two attached hydrogens (primary N) is 1. The van der Waals surface area contributed by atoms with E-state index in [0.717, 1.165) is 5.56 Å². The third-order valence-electron chi connectivity index (χ3n) is 6.94. The van der Waals surface area contributed by atoms with Crippen LogP contribution < -0.4 is 11.1 Å². The van der Waals surface area contributed by atoms with Gasteiger partial charge in [-0.05, 0) is 48.6 Å². The highest BCUT2D eigenvalue weighted by Gasteiger charge is 2.44. The fourth-order valence-corrected chi connectivity index (χ4v) is 6.59. The van der Waals surface area contributed by atoms with E-state index in [-0.39, 0.29) is 42.8 Å². The number of nitrogens with zero attached hydrogens (tertiary/aromatic N) is 2. The average molecular weight is 577 g/mol. The molecule has 4 rings (SSSR count). The van der Waals surface area contributed by atoms with Crippen molar-refractivity contribution in [1.82, 2.24) is 9.62 Å². The van der Waals surface area contributed by atoms with Crippen LogP contribution >= 0.6 is 0 Å². The van der Waals surface area contributed by atoms with E-state index in [1.54, 1.807) is 0 Å². The first-order valence-electron chi connectivity index (χ1n) is 13.3. The van der Waals surface area contributed by atoms with E-state index in [4.69, 9.17) is 24.8 Å². The van der Waals surface area contributed by atoms with Crippen LogP contribution in [0.2, 0.25) is 0 Å². The molecule has 0 aliphatic carbocycles. The topological polar surface area (TPSA) is 159 Å². The maximum absolute atomic E-state index is 13.6. The molecule has 0 saturated carbocycles. The Morgan fingerprint density at radius 1 is 1.12 bits per heavy atom. The number of nitrogen functional groups attached to an aromatic ring is 1. The summed E-state index contributed by atoms with van der Waals surface area (Å²) in [7, 11) is -4.01. The van der Waals surface area contributed by atoms with Gasteiger partial charge in [-0.15, -0.1) is 4.91 Å². The van der Waals surface area contributed by atoms with Gasteiger partial charge >= 0.3 is 6.09 Å². The first-order chi connectivity index (χ1) is 19.2. The minimum Gasteiger partial charge on any atom is -0.443 e. The smallest absolute Gasteiger partial charge is 0.407 e. The standard InChI is InChI=1S/C27H36N4O8S/c1-18(2)15-31(40(34,35)21-10-8-20(28)9-11-21)16-24(39-30-33)23(14-19-6-4-3-5-7-19)29-27(32)38-25-17-37-26-22(25)12-13-36-26/h3-11,18,22-26H,12-17,28H2,1-2H3,(H,29,32)/t22-,23-,24+,25-,26+/m0/s1. The van der Waals surface area contributed by atoms with Crippen LogP contribution in [0, 0.1) is 16.7 Å². The maximum Gasteiger partial charge on any atom is 0.407 e. The molecule has 2 aromatic carbocycles. The summed E-state index contributed by atoms with van der Waals surface area (Å²) in [5, 5.41) is 5.43. The Kier molecular flexibility index (Phi) is 9.95. The number of hydrogen-bond acceptors (Lipinski definition) is 10. The number of anilines is 1. The summed E-state index contributed by atoms with van der Waals surface area (Å²) in [4.78, 5) is 29.7. The van der Waals surface area contributed by atoms with Crippen LogP contribution in [0.15, 0.2) is 64.8 Å². The third-order valence-corrected chi connectivity index (χ3v) is 8.79. The Morgan fingerprint density at radius 3 is 2.52 bits per heavy atom. The molecule has 1 amide bonds. The van der Waals surface area contributed by atoms with Crippen molar-refractivity contribution in [2.45, 2.75) is 56.1 Å². The number of benzene rings is 2. The summed E-state index contributed by atoms with van der Waals surface area (Å²) in [5.41, 5.74) is 7.01. The van der Waals surface area contributed by atoms with Gasteiger partial charge < -0.3 is 30.1 Å². The molecule has 0 unspecified atom stereocenters. The Labute approximate surface area is 234 Å². The number of ether oxygens (including phenoxy) is 3. The van der Waals surface area contributed by atoms with Gasteiger partial charge in [0.25, 0.3) is 0 Å². The number of amides is 1. The van der Waals surface area contributed by atoms with E-state index in [1.807, 2.05) is 44.2 Å². The van der Waals surface area contributed by atoms with Crippen molar-refractivity contribution in [1.29, 1.82) is 0 Å². The van der Waals surface area contributed by atoms with E-state index in [0.29, 0.717) is 18.7 Å². The highest BCUT2D eigenvalue weighted by atomic mass is 32.2. The van der Waals surface area contributed by atoms with Crippen molar-refractivity contribution in [2.75, 3.05) is 32.0 Å². The minimum atomic E-state index is -4.01. The number of rotatable bonds is 13. The monoisotopic (exact) mass is 576 g/mol. The molecule has 12 nitrogen and oxygen atoms in total. The van der Waals surface area contributed by atoms with Crippen molar-refractivity contribution in [3.63, 3.8) is 0 Å². The second kappa shape index (κ2) is 13.4. The van der Waals surface area contributed by atoms with E-state index in [1.165, 1.54) is 28.6 Å². The first-order valence-corrected chi connectivity index (χ1v) is 14.7. The lowest BCUT2D eigenvalue weighted by Gasteiger charge is -2.31. The molecule has 2 saturated heterocycles. The van der Waals surface area contributed by atoms with Gasteiger partial charge in [0.2, 0.25) is 10.0 Å². The van der Waals surface area contributed by atoms with E-state index < -0.39 is 40.7 Å². The number of sulfonamides is 1. The highest BCUT2D eigenvalue weighted by molar-refractivity contribution is 7.89. The zero-order chi connectivity index (χ0) is 28.7. The molecule has 13 heteroatoms. The molecular weight excluding hydrogens is 540 g/mol. The summed E-state index contributed by atoms with van der Waals surface area (Å²) < 4.78 is 45.3. The van der Waals surface area contributed by atoms with Gasteiger partial charge in [0.1, 0.15) is 6.10 Å². The van der Waals surface area contributed by atoms with Crippen LogP contribution in [-0.2, 0) is 35.5 Å². The van der Waals surface area contributed by atoms with Gasteiger partial charge in [0.05, 0.1) is 36.6 Å². The Balaban J connectivity index is 1.57. The predicted molar refractivity (Wildman–Crippen MR) is 146 cm³/mol. The Hall–Kier alpha value is -3.26. The van der Waals surface area contributed by atoms with E-state index in [2.05, 4.69) is 10.7 Å². The van der Waals surface area contributed by atoms with Gasteiger partial charge in [-0.2, -0.15) is 4.31 Å². The highest BCUT2D eigenvalue weighted by Crippen LogP contribution is 2.33. The molecule has 0 radical (unpaired) electrons. The predicted octanol–water partition coefficient (Wildman–Crippen LogP) is 3.08. The lowest BCUT2D eigenvalue weighted by atomic mass is 10.0. The average Bonchev–Trinajstić information content (AvgIpc) is 3.53. The normalized spacial score (nSPS) is 22.1. The SMILES string of the molecule is CC(C)CN(C[C@@H](ON=O)[C@H](Cc1ccccc1)NC(=O)O[C@H]1CO[C@H]2OCC[C@H]21)S(=O)(=O)c1ccc(N)cc1. The van der Waals surface area contributed by atoms with Gasteiger partial charge in [-0.25, -0.2) is 13.2 Å². The molecule has 40 heavy (non-hydrogen) atoms. The van der Waals surface area contributed by atoms with Crippen molar-refractivity contribution in [3.8, 4) is 0 Å². The lowest BCUT2D eigenvalue weighted by Crippen LogP contribution is -2.52. The van der Waals surface area contributed by atoms with Crippen LogP contribution in [0.3, 0.4) is 0 Å². The van der Waals surface area contributed by atoms with Gasteiger partial charge in [0.15, 0.2) is 17.7 Å². The second-order valence-electron chi connectivity index (χ2n) is 10.4. The summed E-state index contributed by atoms with van der Waals surface area (Å²) in [6.07, 6.45) is -1.81. The summed E-state index contributed by atoms with van der Waals surface area (Å²) in [6.45, 7) is 4.38. The molecule has 0 bridgehead atoms. The lowest BCUT2D eigenvalue weighted by molar-refractivity contribution is -0.0907. The van der Waals surface area contributed by atoms with E-state index in [9.17, 15) is 18.1 Å². The zero-order valence-electron chi connectivity index (χ0n) is 22.5. The molecule has 2 aliphatic heterocycles. The summed E-state index contributed by atoms with van der Waals surface area (Å²) in [5.74, 6) is -0.114. The molecule has 2 heterocycles. The quantitative estimate of drug-likeness (QED) is 0.208. The molecule has 5 atom stereocenters. The number of nitrogens with one attached hydrogen (secondary N) is 1. The van der Waals surface area contributed by atoms with Crippen LogP contribution in [0.4, 0.5) is 10.5 Å². The van der Waals surface area contributed by atoms with Gasteiger partial charge in [0, 0.05) is 12.2 Å². The van der Waals surface area contributed by atoms with Crippen LogP contribution in [-0.4, -0.2) is 69.7 Å². The Morgan fingerprint density at radius 2 is 1.85 bits per heavy atom. The molecule has 2 fully saturated rings. The largest absolute Gasteiger partial charge is 0.443 e. The van der Waals surface area contributed by atoms with E-state index >= 15 is 0 Å². The minimum absolute atomic E-state index is 0.0433.